The molecule has 0 heterocycles. The fourth-order valence-electron chi connectivity index (χ4n) is 2.02. The predicted molar refractivity (Wildman–Crippen MR) is 77.2 cm³/mol. The highest BCUT2D eigenvalue weighted by Crippen LogP contribution is 2.13. The van der Waals surface area contributed by atoms with Crippen LogP contribution >= 0.6 is 0 Å². The Bertz CT molecular complexity index is 502. The average molecular weight is 303 g/mol. The van der Waals surface area contributed by atoms with Crippen LogP contribution in [0.4, 0.5) is 4.39 Å². The minimum absolute atomic E-state index is 0.0526. The summed E-state index contributed by atoms with van der Waals surface area (Å²) >= 11 is 0. The number of benzene rings is 1. The Morgan fingerprint density at radius 2 is 1.90 bits per heavy atom. The third-order valence-corrected chi connectivity index (χ3v) is 4.65. The zero-order chi connectivity index (χ0) is 15.2. The smallest absolute Gasteiger partial charge is 0.211 e. The fraction of sp³-hybridized carbons (Fsp3) is 0.571. The third kappa shape index (κ3) is 5.98. The minimum Gasteiger partial charge on any atom is -0.387 e. The monoisotopic (exact) mass is 303 g/mol. The van der Waals surface area contributed by atoms with Gasteiger partial charge in [-0.05, 0) is 30.0 Å². The summed E-state index contributed by atoms with van der Waals surface area (Å²) in [6.07, 6.45) is 0.808. The molecule has 0 spiro atoms. The highest BCUT2D eigenvalue weighted by atomic mass is 32.2. The van der Waals surface area contributed by atoms with Crippen LogP contribution in [0.15, 0.2) is 24.3 Å². The van der Waals surface area contributed by atoms with Gasteiger partial charge in [0.05, 0.1) is 11.9 Å². The summed E-state index contributed by atoms with van der Waals surface area (Å²) in [5, 5.41) is 9.86. The summed E-state index contributed by atoms with van der Waals surface area (Å²) in [7, 11) is -3.40. The van der Waals surface area contributed by atoms with Crippen LogP contribution in [-0.4, -0.2) is 25.8 Å². The zero-order valence-corrected chi connectivity index (χ0v) is 12.7. The molecule has 0 saturated carbocycles. The quantitative estimate of drug-likeness (QED) is 0.774. The van der Waals surface area contributed by atoms with Gasteiger partial charge in [0, 0.05) is 6.54 Å². The first kappa shape index (κ1) is 17.1. The van der Waals surface area contributed by atoms with Crippen molar-refractivity contribution in [2.75, 3.05) is 12.3 Å². The Balaban J connectivity index is 2.51. The van der Waals surface area contributed by atoms with Gasteiger partial charge in [-0.3, -0.25) is 0 Å². The lowest BCUT2D eigenvalue weighted by Crippen LogP contribution is -2.32. The van der Waals surface area contributed by atoms with E-state index in [1.54, 1.807) is 0 Å². The van der Waals surface area contributed by atoms with Gasteiger partial charge < -0.3 is 5.11 Å². The number of hydrogen-bond donors (Lipinski definition) is 2. The number of aliphatic hydroxyl groups is 1. The summed E-state index contributed by atoms with van der Waals surface area (Å²) in [6, 6.07) is 5.34. The molecule has 0 aliphatic rings. The van der Waals surface area contributed by atoms with Crippen molar-refractivity contribution in [2.45, 2.75) is 32.8 Å². The number of hydrogen-bond acceptors (Lipinski definition) is 3. The van der Waals surface area contributed by atoms with Gasteiger partial charge in [-0.1, -0.05) is 32.4 Å². The Hall–Kier alpha value is -0.980. The van der Waals surface area contributed by atoms with Gasteiger partial charge in [-0.2, -0.15) is 0 Å². The Labute approximate surface area is 120 Å². The van der Waals surface area contributed by atoms with E-state index in [1.807, 2.05) is 13.8 Å². The lowest BCUT2D eigenvalue weighted by molar-refractivity contribution is 0.182. The highest BCUT2D eigenvalue weighted by molar-refractivity contribution is 7.89. The second-order valence-corrected chi connectivity index (χ2v) is 6.94. The predicted octanol–water partition coefficient (Wildman–Crippen LogP) is 2.21. The van der Waals surface area contributed by atoms with E-state index in [4.69, 9.17) is 0 Å². The van der Waals surface area contributed by atoms with Crippen molar-refractivity contribution in [1.82, 2.24) is 4.72 Å². The SMILES string of the molecule is CCCC(C)CS(=O)(=O)NCC(O)c1ccc(F)cc1. The van der Waals surface area contributed by atoms with Crippen molar-refractivity contribution >= 4 is 10.0 Å². The maximum atomic E-state index is 12.7. The number of rotatable bonds is 8. The largest absolute Gasteiger partial charge is 0.387 e. The van der Waals surface area contributed by atoms with E-state index < -0.39 is 21.9 Å². The number of halogens is 1. The van der Waals surface area contributed by atoms with Crippen LogP contribution in [0.5, 0.6) is 0 Å². The molecular formula is C14H22FNO3S. The molecule has 0 fully saturated rings. The average Bonchev–Trinajstić information content (AvgIpc) is 2.36. The molecule has 0 aliphatic carbocycles. The van der Waals surface area contributed by atoms with E-state index in [0.717, 1.165) is 12.8 Å². The van der Waals surface area contributed by atoms with Crippen LogP contribution in [0.3, 0.4) is 0 Å². The van der Waals surface area contributed by atoms with Crippen LogP contribution in [0.25, 0.3) is 0 Å². The van der Waals surface area contributed by atoms with Gasteiger partial charge in [0.25, 0.3) is 0 Å². The molecule has 6 heteroatoms. The van der Waals surface area contributed by atoms with E-state index in [2.05, 4.69) is 4.72 Å². The molecule has 0 aliphatic heterocycles. The molecule has 4 nitrogen and oxygen atoms in total. The molecule has 114 valence electrons. The van der Waals surface area contributed by atoms with Gasteiger partial charge in [-0.25, -0.2) is 17.5 Å². The molecule has 0 bridgehead atoms. The fourth-order valence-corrected chi connectivity index (χ4v) is 3.46. The molecule has 0 radical (unpaired) electrons. The lowest BCUT2D eigenvalue weighted by atomic mass is 10.1. The first-order chi connectivity index (χ1) is 9.34. The maximum absolute atomic E-state index is 12.7. The molecule has 0 amide bonds. The van der Waals surface area contributed by atoms with Crippen LogP contribution in [0, 0.1) is 11.7 Å². The molecule has 1 rings (SSSR count). The van der Waals surface area contributed by atoms with Gasteiger partial charge in [0.15, 0.2) is 0 Å². The van der Waals surface area contributed by atoms with Crippen molar-refractivity contribution in [3.05, 3.63) is 35.6 Å². The first-order valence-corrected chi connectivity index (χ1v) is 8.40. The van der Waals surface area contributed by atoms with Crippen molar-refractivity contribution in [3.63, 3.8) is 0 Å². The Kier molecular flexibility index (Phi) is 6.58. The summed E-state index contributed by atoms with van der Waals surface area (Å²) in [5.74, 6) is -0.257. The summed E-state index contributed by atoms with van der Waals surface area (Å²) in [6.45, 7) is 3.79. The normalized spacial score (nSPS) is 15.0. The molecule has 2 atom stereocenters. The van der Waals surface area contributed by atoms with Crippen molar-refractivity contribution in [3.8, 4) is 0 Å². The number of aliphatic hydroxyl groups excluding tert-OH is 1. The van der Waals surface area contributed by atoms with Crippen molar-refractivity contribution in [2.24, 2.45) is 5.92 Å². The molecule has 2 N–H and O–H groups in total. The first-order valence-electron chi connectivity index (χ1n) is 6.75. The van der Waals surface area contributed by atoms with Gasteiger partial charge in [0.2, 0.25) is 10.0 Å². The van der Waals surface area contributed by atoms with Crippen LogP contribution in [0.2, 0.25) is 0 Å². The van der Waals surface area contributed by atoms with E-state index in [1.165, 1.54) is 24.3 Å². The van der Waals surface area contributed by atoms with Crippen molar-refractivity contribution in [1.29, 1.82) is 0 Å². The molecule has 2 unspecified atom stereocenters. The highest BCUT2D eigenvalue weighted by Gasteiger charge is 2.17. The molecule has 20 heavy (non-hydrogen) atoms. The van der Waals surface area contributed by atoms with Gasteiger partial charge in [-0.15, -0.1) is 0 Å². The number of sulfonamides is 1. The second-order valence-electron chi connectivity index (χ2n) is 5.09. The molecular weight excluding hydrogens is 281 g/mol. The van der Waals surface area contributed by atoms with Crippen LogP contribution in [-0.2, 0) is 10.0 Å². The van der Waals surface area contributed by atoms with E-state index in [-0.39, 0.29) is 18.2 Å². The minimum atomic E-state index is -3.40. The van der Waals surface area contributed by atoms with Crippen LogP contribution in [0.1, 0.15) is 38.4 Å². The summed E-state index contributed by atoms with van der Waals surface area (Å²) in [5.41, 5.74) is 0.482. The van der Waals surface area contributed by atoms with Gasteiger partial charge in [0.1, 0.15) is 5.82 Å². The standard InChI is InChI=1S/C14H22FNO3S/c1-3-4-11(2)10-20(18,19)16-9-14(17)12-5-7-13(15)8-6-12/h5-8,11,14,16-17H,3-4,9-10H2,1-2H3. The van der Waals surface area contributed by atoms with E-state index in [0.29, 0.717) is 5.56 Å². The van der Waals surface area contributed by atoms with Gasteiger partial charge >= 0.3 is 0 Å². The Morgan fingerprint density at radius 3 is 2.45 bits per heavy atom. The van der Waals surface area contributed by atoms with Crippen LogP contribution < -0.4 is 4.72 Å². The molecule has 1 aromatic rings. The lowest BCUT2D eigenvalue weighted by Gasteiger charge is -2.15. The van der Waals surface area contributed by atoms with E-state index in [9.17, 15) is 17.9 Å². The second kappa shape index (κ2) is 7.71. The molecule has 0 aromatic heterocycles. The van der Waals surface area contributed by atoms with E-state index >= 15 is 0 Å². The van der Waals surface area contributed by atoms with Crippen molar-refractivity contribution < 1.29 is 17.9 Å². The topological polar surface area (TPSA) is 66.4 Å². The number of nitrogens with one attached hydrogen (secondary N) is 1. The maximum Gasteiger partial charge on any atom is 0.211 e. The zero-order valence-electron chi connectivity index (χ0n) is 11.8. The molecule has 1 aromatic carbocycles. The Morgan fingerprint density at radius 1 is 1.30 bits per heavy atom. The third-order valence-electron chi connectivity index (χ3n) is 3.04. The summed E-state index contributed by atoms with van der Waals surface area (Å²) < 4.78 is 38.8. The molecule has 0 saturated heterocycles. The summed E-state index contributed by atoms with van der Waals surface area (Å²) in [4.78, 5) is 0.